The van der Waals surface area contributed by atoms with Gasteiger partial charge in [-0.05, 0) is 43.9 Å². The number of ether oxygens (including phenoxy) is 1. The summed E-state index contributed by atoms with van der Waals surface area (Å²) in [4.78, 5) is 11.6. The van der Waals surface area contributed by atoms with Crippen molar-refractivity contribution in [1.29, 1.82) is 0 Å². The standard InChI is InChI=1S/C20H26N4O3S/c1-15-4-2-3-5-19(15)28(25,26)23-17-7-11-24(14-17)20-21-10-6-18(22-20)16-8-12-27-13-9-16/h2-6,10,16-17,23H,7-9,11-14H2,1H3. The average Bonchev–Trinajstić information content (AvgIpc) is 3.17. The molecule has 150 valence electrons. The molecule has 8 heteroatoms. The molecule has 7 nitrogen and oxygen atoms in total. The average molecular weight is 403 g/mol. The van der Waals surface area contributed by atoms with Gasteiger partial charge in [-0.25, -0.2) is 23.1 Å². The highest BCUT2D eigenvalue weighted by Gasteiger charge is 2.29. The highest BCUT2D eigenvalue weighted by Crippen LogP contribution is 2.27. The molecule has 1 N–H and O–H groups in total. The minimum atomic E-state index is -3.54. The summed E-state index contributed by atoms with van der Waals surface area (Å²) < 4.78 is 33.8. The third kappa shape index (κ3) is 4.19. The molecule has 0 aliphatic carbocycles. The summed E-state index contributed by atoms with van der Waals surface area (Å²) in [5.41, 5.74) is 1.80. The van der Waals surface area contributed by atoms with Crippen LogP contribution in [0.4, 0.5) is 5.95 Å². The van der Waals surface area contributed by atoms with Crippen molar-refractivity contribution < 1.29 is 13.2 Å². The Bertz CT molecular complexity index is 929. The van der Waals surface area contributed by atoms with Gasteiger partial charge in [0.25, 0.3) is 0 Å². The number of aryl methyl sites for hydroxylation is 1. The Labute approximate surface area is 166 Å². The van der Waals surface area contributed by atoms with E-state index < -0.39 is 10.0 Å². The first kappa shape index (κ1) is 19.3. The van der Waals surface area contributed by atoms with Crippen LogP contribution in [0.3, 0.4) is 0 Å². The van der Waals surface area contributed by atoms with Gasteiger partial charge in [-0.1, -0.05) is 18.2 Å². The largest absolute Gasteiger partial charge is 0.381 e. The fourth-order valence-corrected chi connectivity index (χ4v) is 5.42. The van der Waals surface area contributed by atoms with E-state index in [0.717, 1.165) is 50.3 Å². The molecule has 1 atom stereocenters. The van der Waals surface area contributed by atoms with Crippen molar-refractivity contribution in [1.82, 2.24) is 14.7 Å². The lowest BCUT2D eigenvalue weighted by Gasteiger charge is -2.23. The molecule has 2 saturated heterocycles. The minimum absolute atomic E-state index is 0.153. The summed E-state index contributed by atoms with van der Waals surface area (Å²) >= 11 is 0. The van der Waals surface area contributed by atoms with Crippen molar-refractivity contribution >= 4 is 16.0 Å². The Morgan fingerprint density at radius 3 is 2.71 bits per heavy atom. The Balaban J connectivity index is 1.44. The molecule has 0 spiro atoms. The highest BCUT2D eigenvalue weighted by molar-refractivity contribution is 7.89. The Morgan fingerprint density at radius 2 is 1.93 bits per heavy atom. The van der Waals surface area contributed by atoms with Gasteiger partial charge in [-0.2, -0.15) is 0 Å². The smallest absolute Gasteiger partial charge is 0.241 e. The molecule has 1 unspecified atom stereocenters. The molecule has 2 fully saturated rings. The summed E-state index contributed by atoms with van der Waals surface area (Å²) in [6.07, 6.45) is 4.50. The van der Waals surface area contributed by atoms with Gasteiger partial charge in [0.15, 0.2) is 0 Å². The predicted octanol–water partition coefficient (Wildman–Crippen LogP) is 2.24. The number of sulfonamides is 1. The van der Waals surface area contributed by atoms with E-state index in [1.165, 1.54) is 0 Å². The summed E-state index contributed by atoms with van der Waals surface area (Å²) in [6.45, 7) is 4.67. The molecule has 1 aromatic heterocycles. The van der Waals surface area contributed by atoms with E-state index in [-0.39, 0.29) is 6.04 Å². The van der Waals surface area contributed by atoms with E-state index >= 15 is 0 Å². The van der Waals surface area contributed by atoms with E-state index in [1.54, 1.807) is 18.3 Å². The van der Waals surface area contributed by atoms with Crippen LogP contribution in [-0.2, 0) is 14.8 Å². The second-order valence-corrected chi connectivity index (χ2v) is 9.17. The molecule has 4 rings (SSSR count). The fraction of sp³-hybridized carbons (Fsp3) is 0.500. The van der Waals surface area contributed by atoms with E-state index in [4.69, 9.17) is 9.72 Å². The highest BCUT2D eigenvalue weighted by atomic mass is 32.2. The van der Waals surface area contributed by atoms with Crippen LogP contribution in [0.25, 0.3) is 0 Å². The first-order valence-corrected chi connectivity index (χ1v) is 11.2. The summed E-state index contributed by atoms with van der Waals surface area (Å²) in [5, 5.41) is 0. The van der Waals surface area contributed by atoms with Gasteiger partial charge >= 0.3 is 0 Å². The second-order valence-electron chi connectivity index (χ2n) is 7.49. The van der Waals surface area contributed by atoms with Gasteiger partial charge in [0.1, 0.15) is 0 Å². The van der Waals surface area contributed by atoms with Gasteiger partial charge in [-0.15, -0.1) is 0 Å². The van der Waals surface area contributed by atoms with Crippen LogP contribution in [0.15, 0.2) is 41.4 Å². The number of anilines is 1. The van der Waals surface area contributed by atoms with Crippen molar-refractivity contribution in [3.63, 3.8) is 0 Å². The molecule has 0 amide bonds. The zero-order valence-corrected chi connectivity index (χ0v) is 16.9. The van der Waals surface area contributed by atoms with Crippen LogP contribution in [0.5, 0.6) is 0 Å². The number of nitrogens with zero attached hydrogens (tertiary/aromatic N) is 3. The molecule has 0 saturated carbocycles. The monoisotopic (exact) mass is 402 g/mol. The minimum Gasteiger partial charge on any atom is -0.381 e. The quantitative estimate of drug-likeness (QED) is 0.826. The van der Waals surface area contributed by atoms with Gasteiger partial charge in [0.05, 0.1) is 4.90 Å². The number of nitrogens with one attached hydrogen (secondary N) is 1. The Kier molecular flexibility index (Phi) is 5.61. The maximum absolute atomic E-state index is 12.7. The molecule has 3 heterocycles. The van der Waals surface area contributed by atoms with Crippen LogP contribution in [0.2, 0.25) is 0 Å². The van der Waals surface area contributed by atoms with Crippen molar-refractivity contribution in [3.05, 3.63) is 47.8 Å². The molecule has 2 aliphatic heterocycles. The number of hydrogen-bond acceptors (Lipinski definition) is 6. The summed E-state index contributed by atoms with van der Waals surface area (Å²) in [6, 6.07) is 8.87. The van der Waals surface area contributed by atoms with Crippen LogP contribution in [-0.4, -0.2) is 50.7 Å². The van der Waals surface area contributed by atoms with Gasteiger partial charge in [-0.3, -0.25) is 0 Å². The fourth-order valence-electron chi connectivity index (χ4n) is 3.91. The molecule has 0 radical (unpaired) electrons. The van der Waals surface area contributed by atoms with Gasteiger partial charge in [0, 0.05) is 50.2 Å². The lowest BCUT2D eigenvalue weighted by molar-refractivity contribution is 0.0845. The van der Waals surface area contributed by atoms with E-state index in [1.807, 2.05) is 25.1 Å². The first-order chi connectivity index (χ1) is 13.5. The number of aromatic nitrogens is 2. The molecular formula is C20H26N4O3S. The number of benzene rings is 1. The molecule has 2 aromatic rings. The van der Waals surface area contributed by atoms with E-state index in [0.29, 0.717) is 23.3 Å². The molecular weight excluding hydrogens is 376 g/mol. The third-order valence-corrected chi connectivity index (χ3v) is 7.16. The van der Waals surface area contributed by atoms with Crippen LogP contribution in [0.1, 0.15) is 36.4 Å². The van der Waals surface area contributed by atoms with Gasteiger partial charge in [0.2, 0.25) is 16.0 Å². The van der Waals surface area contributed by atoms with Crippen LogP contribution in [0, 0.1) is 6.92 Å². The lowest BCUT2D eigenvalue weighted by atomic mass is 9.96. The molecule has 0 bridgehead atoms. The summed E-state index contributed by atoms with van der Waals surface area (Å²) in [5.74, 6) is 1.09. The van der Waals surface area contributed by atoms with Crippen molar-refractivity contribution in [3.8, 4) is 0 Å². The molecule has 1 aromatic carbocycles. The zero-order chi connectivity index (χ0) is 19.6. The zero-order valence-electron chi connectivity index (χ0n) is 16.0. The normalized spacial score (nSPS) is 21.2. The lowest BCUT2D eigenvalue weighted by Crippen LogP contribution is -2.37. The van der Waals surface area contributed by atoms with E-state index in [9.17, 15) is 8.42 Å². The van der Waals surface area contributed by atoms with Crippen molar-refractivity contribution in [2.45, 2.75) is 43.0 Å². The molecule has 28 heavy (non-hydrogen) atoms. The van der Waals surface area contributed by atoms with Crippen molar-refractivity contribution in [2.24, 2.45) is 0 Å². The summed E-state index contributed by atoms with van der Waals surface area (Å²) in [7, 11) is -3.54. The third-order valence-electron chi connectivity index (χ3n) is 5.48. The topological polar surface area (TPSA) is 84.4 Å². The van der Waals surface area contributed by atoms with E-state index in [2.05, 4.69) is 14.6 Å². The molecule has 2 aliphatic rings. The van der Waals surface area contributed by atoms with Gasteiger partial charge < -0.3 is 9.64 Å². The predicted molar refractivity (Wildman–Crippen MR) is 107 cm³/mol. The number of hydrogen-bond donors (Lipinski definition) is 1. The maximum atomic E-state index is 12.7. The number of rotatable bonds is 5. The first-order valence-electron chi connectivity index (χ1n) is 9.76. The second kappa shape index (κ2) is 8.14. The Morgan fingerprint density at radius 1 is 1.14 bits per heavy atom. The maximum Gasteiger partial charge on any atom is 0.241 e. The SMILES string of the molecule is Cc1ccccc1S(=O)(=O)NC1CCN(c2nccc(C3CCOCC3)n2)C1. The van der Waals surface area contributed by atoms with Crippen LogP contribution < -0.4 is 9.62 Å². The van der Waals surface area contributed by atoms with Crippen LogP contribution >= 0.6 is 0 Å². The van der Waals surface area contributed by atoms with Crippen molar-refractivity contribution in [2.75, 3.05) is 31.2 Å². The Hall–Kier alpha value is -2.03.